The van der Waals surface area contributed by atoms with Crippen molar-refractivity contribution in [3.8, 4) is 0 Å². The lowest BCUT2D eigenvalue weighted by Gasteiger charge is -2.14. The fraction of sp³-hybridized carbons (Fsp3) is 0.200. The molecule has 0 spiro atoms. The third-order valence-corrected chi connectivity index (χ3v) is 4.43. The van der Waals surface area contributed by atoms with Crippen LogP contribution in [0.15, 0.2) is 57.5 Å². The van der Waals surface area contributed by atoms with Crippen LogP contribution in [0.3, 0.4) is 0 Å². The van der Waals surface area contributed by atoms with Gasteiger partial charge in [-0.25, -0.2) is 0 Å². The number of halogens is 2. The van der Waals surface area contributed by atoms with Gasteiger partial charge in [0, 0.05) is 15.0 Å². The molecule has 18 heavy (non-hydrogen) atoms. The first-order chi connectivity index (χ1) is 8.66. The molecule has 0 heterocycles. The Morgan fingerprint density at radius 3 is 1.56 bits per heavy atom. The lowest BCUT2D eigenvalue weighted by Crippen LogP contribution is -2.25. The molecule has 0 aromatic heterocycles. The van der Waals surface area contributed by atoms with E-state index in [0.717, 1.165) is 21.8 Å². The van der Waals surface area contributed by atoms with E-state index < -0.39 is 0 Å². The Kier molecular flexibility index (Phi) is 4.98. The molecule has 0 aliphatic carbocycles. The molecule has 2 aromatic carbocycles. The summed E-state index contributed by atoms with van der Waals surface area (Å²) in [5, 5.41) is 0. The molecule has 2 N–H and O–H groups in total. The van der Waals surface area contributed by atoms with Gasteiger partial charge in [-0.05, 0) is 36.1 Å². The molecule has 0 atom stereocenters. The molecule has 94 valence electrons. The van der Waals surface area contributed by atoms with Gasteiger partial charge in [-0.15, -0.1) is 0 Å². The summed E-state index contributed by atoms with van der Waals surface area (Å²) < 4.78 is 2.26. The van der Waals surface area contributed by atoms with Crippen molar-refractivity contribution in [2.75, 3.05) is 0 Å². The molecule has 0 aliphatic rings. The van der Waals surface area contributed by atoms with Crippen molar-refractivity contribution in [1.29, 1.82) is 0 Å². The molecule has 0 saturated carbocycles. The molecule has 2 rings (SSSR count). The van der Waals surface area contributed by atoms with E-state index in [1.165, 1.54) is 11.1 Å². The standard InChI is InChI=1S/C15H15Br2N/c16-14-7-3-1-5-11(14)9-13(18)10-12-6-2-4-8-15(12)17/h1-8,13H,9-10,18H2. The van der Waals surface area contributed by atoms with Crippen LogP contribution in [0.25, 0.3) is 0 Å². The average Bonchev–Trinajstić information content (AvgIpc) is 2.35. The third kappa shape index (κ3) is 3.67. The zero-order valence-corrected chi connectivity index (χ0v) is 13.1. The van der Waals surface area contributed by atoms with Crippen LogP contribution in [0.5, 0.6) is 0 Å². The van der Waals surface area contributed by atoms with Gasteiger partial charge in [0.2, 0.25) is 0 Å². The maximum absolute atomic E-state index is 6.23. The summed E-state index contributed by atoms with van der Waals surface area (Å²) >= 11 is 7.12. The summed E-state index contributed by atoms with van der Waals surface area (Å²) in [4.78, 5) is 0. The van der Waals surface area contributed by atoms with Crippen molar-refractivity contribution in [3.05, 3.63) is 68.6 Å². The van der Waals surface area contributed by atoms with Gasteiger partial charge in [0.05, 0.1) is 0 Å². The lowest BCUT2D eigenvalue weighted by atomic mass is 10.00. The smallest absolute Gasteiger partial charge is 0.0207 e. The highest BCUT2D eigenvalue weighted by molar-refractivity contribution is 9.10. The lowest BCUT2D eigenvalue weighted by molar-refractivity contribution is 0.662. The highest BCUT2D eigenvalue weighted by Crippen LogP contribution is 2.20. The van der Waals surface area contributed by atoms with Gasteiger partial charge in [0.25, 0.3) is 0 Å². The van der Waals surface area contributed by atoms with Crippen LogP contribution < -0.4 is 5.73 Å². The molecule has 0 unspecified atom stereocenters. The monoisotopic (exact) mass is 367 g/mol. The minimum Gasteiger partial charge on any atom is -0.327 e. The second-order valence-electron chi connectivity index (χ2n) is 4.35. The highest BCUT2D eigenvalue weighted by atomic mass is 79.9. The van der Waals surface area contributed by atoms with Crippen LogP contribution in [0, 0.1) is 0 Å². The van der Waals surface area contributed by atoms with Crippen LogP contribution in [0.4, 0.5) is 0 Å². The summed E-state index contributed by atoms with van der Waals surface area (Å²) in [5.41, 5.74) is 8.76. The topological polar surface area (TPSA) is 26.0 Å². The van der Waals surface area contributed by atoms with E-state index in [9.17, 15) is 0 Å². The number of nitrogens with two attached hydrogens (primary N) is 1. The first-order valence-corrected chi connectivity index (χ1v) is 7.48. The molecule has 0 saturated heterocycles. The van der Waals surface area contributed by atoms with Crippen LogP contribution in [0.2, 0.25) is 0 Å². The molecule has 0 bridgehead atoms. The van der Waals surface area contributed by atoms with Crippen LogP contribution in [0.1, 0.15) is 11.1 Å². The zero-order valence-electron chi connectivity index (χ0n) is 9.94. The predicted octanol–water partition coefficient (Wildman–Crippen LogP) is 4.32. The van der Waals surface area contributed by atoms with E-state index in [-0.39, 0.29) is 6.04 Å². The Labute approximate surface area is 125 Å². The highest BCUT2D eigenvalue weighted by Gasteiger charge is 2.09. The molecule has 0 amide bonds. The van der Waals surface area contributed by atoms with Gasteiger partial charge in [-0.1, -0.05) is 68.3 Å². The first-order valence-electron chi connectivity index (χ1n) is 5.89. The number of rotatable bonds is 4. The molecule has 2 aromatic rings. The molecular formula is C15H15Br2N. The van der Waals surface area contributed by atoms with Gasteiger partial charge in [-0.2, -0.15) is 0 Å². The molecule has 0 radical (unpaired) electrons. The quantitative estimate of drug-likeness (QED) is 0.854. The Morgan fingerprint density at radius 1 is 0.778 bits per heavy atom. The van der Waals surface area contributed by atoms with Crippen molar-refractivity contribution < 1.29 is 0 Å². The fourth-order valence-corrected chi connectivity index (χ4v) is 2.86. The van der Waals surface area contributed by atoms with Gasteiger partial charge in [-0.3, -0.25) is 0 Å². The first kappa shape index (κ1) is 13.8. The third-order valence-electron chi connectivity index (χ3n) is 2.88. The number of hydrogen-bond donors (Lipinski definition) is 1. The minimum atomic E-state index is 0.127. The summed E-state index contributed by atoms with van der Waals surface area (Å²) in [6.07, 6.45) is 1.76. The van der Waals surface area contributed by atoms with Gasteiger partial charge in [0.1, 0.15) is 0 Å². The van der Waals surface area contributed by atoms with E-state index in [1.54, 1.807) is 0 Å². The van der Waals surface area contributed by atoms with Crippen LogP contribution in [-0.2, 0) is 12.8 Å². The maximum Gasteiger partial charge on any atom is 0.0207 e. The van der Waals surface area contributed by atoms with E-state index >= 15 is 0 Å². The van der Waals surface area contributed by atoms with Gasteiger partial charge >= 0.3 is 0 Å². The summed E-state index contributed by atoms with van der Waals surface area (Å²) in [5.74, 6) is 0. The maximum atomic E-state index is 6.23. The minimum absolute atomic E-state index is 0.127. The van der Waals surface area contributed by atoms with Crippen molar-refractivity contribution in [2.24, 2.45) is 5.73 Å². The number of benzene rings is 2. The zero-order chi connectivity index (χ0) is 13.0. The SMILES string of the molecule is NC(Cc1ccccc1Br)Cc1ccccc1Br. The Morgan fingerprint density at radius 2 is 1.17 bits per heavy atom. The van der Waals surface area contributed by atoms with Crippen LogP contribution in [-0.4, -0.2) is 6.04 Å². The second kappa shape index (κ2) is 6.50. The van der Waals surface area contributed by atoms with Gasteiger partial charge in [0.15, 0.2) is 0 Å². The Bertz CT molecular complexity index is 478. The Hall–Kier alpha value is -0.640. The fourth-order valence-electron chi connectivity index (χ4n) is 1.96. The molecule has 0 aliphatic heterocycles. The van der Waals surface area contributed by atoms with Crippen molar-refractivity contribution >= 4 is 31.9 Å². The average molecular weight is 369 g/mol. The van der Waals surface area contributed by atoms with Crippen molar-refractivity contribution in [3.63, 3.8) is 0 Å². The molecule has 3 heteroatoms. The second-order valence-corrected chi connectivity index (χ2v) is 6.06. The summed E-state index contributed by atoms with van der Waals surface area (Å²) in [7, 11) is 0. The summed E-state index contributed by atoms with van der Waals surface area (Å²) in [6, 6.07) is 16.6. The van der Waals surface area contributed by atoms with Crippen molar-refractivity contribution in [2.45, 2.75) is 18.9 Å². The van der Waals surface area contributed by atoms with Crippen molar-refractivity contribution in [1.82, 2.24) is 0 Å². The van der Waals surface area contributed by atoms with E-state index in [2.05, 4.69) is 56.1 Å². The van der Waals surface area contributed by atoms with E-state index in [4.69, 9.17) is 5.73 Å². The molecular weight excluding hydrogens is 354 g/mol. The number of hydrogen-bond acceptors (Lipinski definition) is 1. The van der Waals surface area contributed by atoms with Crippen LogP contribution >= 0.6 is 31.9 Å². The Balaban J connectivity index is 2.04. The largest absolute Gasteiger partial charge is 0.327 e. The molecule has 0 fully saturated rings. The normalized spacial score (nSPS) is 10.9. The molecule has 1 nitrogen and oxygen atoms in total. The van der Waals surface area contributed by atoms with E-state index in [0.29, 0.717) is 0 Å². The summed E-state index contributed by atoms with van der Waals surface area (Å²) in [6.45, 7) is 0. The van der Waals surface area contributed by atoms with E-state index in [1.807, 2.05) is 24.3 Å². The van der Waals surface area contributed by atoms with Gasteiger partial charge < -0.3 is 5.73 Å². The predicted molar refractivity (Wildman–Crippen MR) is 83.7 cm³/mol.